The van der Waals surface area contributed by atoms with E-state index in [0.717, 1.165) is 29.2 Å². The summed E-state index contributed by atoms with van der Waals surface area (Å²) in [6.07, 6.45) is 14.0. The van der Waals surface area contributed by atoms with Crippen molar-refractivity contribution in [1.29, 1.82) is 0 Å². The van der Waals surface area contributed by atoms with Crippen LogP contribution in [0.25, 0.3) is 23.0 Å². The van der Waals surface area contributed by atoms with Gasteiger partial charge in [-0.1, -0.05) is 63.6 Å². The van der Waals surface area contributed by atoms with Crippen molar-refractivity contribution in [3.63, 3.8) is 0 Å². The maximum Gasteiger partial charge on any atom is 0.180 e. The second-order valence-corrected chi connectivity index (χ2v) is 7.49. The van der Waals surface area contributed by atoms with Crippen molar-refractivity contribution in [3.05, 3.63) is 65.1 Å². The van der Waals surface area contributed by atoms with Gasteiger partial charge in [-0.05, 0) is 24.5 Å². The van der Waals surface area contributed by atoms with Gasteiger partial charge in [-0.15, -0.1) is 0 Å². The molecule has 4 rings (SSSR count). The number of aliphatic imine (C=N–C) groups is 1. The molecule has 2 heterocycles. The quantitative estimate of drug-likeness (QED) is 0.664. The predicted octanol–water partition coefficient (Wildman–Crippen LogP) is 4.29. The lowest BCUT2D eigenvalue weighted by Crippen LogP contribution is -2.33. The minimum Gasteiger partial charge on any atom is -0.340 e. The van der Waals surface area contributed by atoms with Gasteiger partial charge in [-0.25, -0.2) is 9.97 Å². The molecular weight excluding hydrogens is 370 g/mol. The van der Waals surface area contributed by atoms with E-state index in [1.165, 1.54) is 22.6 Å². The Labute approximate surface area is 178 Å². The zero-order valence-electron chi connectivity index (χ0n) is 18.6. The summed E-state index contributed by atoms with van der Waals surface area (Å²) in [5, 5.41) is 6.07. The molecule has 5 nitrogen and oxygen atoms in total. The number of nitrogens with one attached hydrogen (secondary N) is 1. The standard InChI is InChI=1S/C22H23N5.C3H8/c1-4-16(13-23-3)20-14-25-22-21(24-9-10-27(20)22)26-19-12-15(2)11-17-7-5-6-8-18(17)19;1-3-2/h4-11,13-15H,12H2,1-3H3,(H,24,26);3H2,1-2H3/b16-4+,23-13?;. The number of nitrogens with zero attached hydrogens (tertiary/aromatic N) is 4. The third-order valence-corrected chi connectivity index (χ3v) is 4.85. The van der Waals surface area contributed by atoms with E-state index >= 15 is 0 Å². The Morgan fingerprint density at radius 2 is 2.03 bits per heavy atom. The number of aromatic nitrogens is 3. The first kappa shape index (κ1) is 21.5. The predicted molar refractivity (Wildman–Crippen MR) is 128 cm³/mol. The van der Waals surface area contributed by atoms with E-state index in [1.807, 2.05) is 37.8 Å². The summed E-state index contributed by atoms with van der Waals surface area (Å²) in [4.78, 5) is 13.3. The SMILES string of the molecule is C/C=C(\C=NC)c1cnc2c(NC3=c4ccccc4=CC(C)C3)nccn12.CCC. The number of imidazole rings is 1. The summed E-state index contributed by atoms with van der Waals surface area (Å²) in [7, 11) is 1.77. The van der Waals surface area contributed by atoms with Gasteiger partial charge < -0.3 is 5.32 Å². The molecule has 1 unspecified atom stereocenters. The van der Waals surface area contributed by atoms with E-state index in [0.29, 0.717) is 5.92 Å². The van der Waals surface area contributed by atoms with Crippen LogP contribution in [0.2, 0.25) is 0 Å². The van der Waals surface area contributed by atoms with Crippen molar-refractivity contribution in [2.75, 3.05) is 12.4 Å². The highest BCUT2D eigenvalue weighted by Gasteiger charge is 2.15. The van der Waals surface area contributed by atoms with Gasteiger partial charge in [-0.3, -0.25) is 9.39 Å². The lowest BCUT2D eigenvalue weighted by atomic mass is 9.96. The summed E-state index contributed by atoms with van der Waals surface area (Å²) in [5.74, 6) is 1.25. The maximum atomic E-state index is 4.62. The molecule has 30 heavy (non-hydrogen) atoms. The molecule has 1 aromatic carbocycles. The fraction of sp³-hybridized carbons (Fsp3) is 0.320. The zero-order chi connectivity index (χ0) is 21.5. The summed E-state index contributed by atoms with van der Waals surface area (Å²) in [6.45, 7) is 8.49. The summed E-state index contributed by atoms with van der Waals surface area (Å²) in [5.41, 5.74) is 4.02. The van der Waals surface area contributed by atoms with Crippen LogP contribution in [0.5, 0.6) is 0 Å². The van der Waals surface area contributed by atoms with Crippen LogP contribution < -0.4 is 15.8 Å². The van der Waals surface area contributed by atoms with Crippen LogP contribution in [0.4, 0.5) is 5.82 Å². The summed E-state index contributed by atoms with van der Waals surface area (Å²) < 4.78 is 2.05. The highest BCUT2D eigenvalue weighted by Crippen LogP contribution is 2.22. The smallest absolute Gasteiger partial charge is 0.180 e. The second kappa shape index (κ2) is 10.0. The maximum absolute atomic E-state index is 4.62. The fourth-order valence-electron chi connectivity index (χ4n) is 3.62. The topological polar surface area (TPSA) is 54.6 Å². The van der Waals surface area contributed by atoms with Crippen molar-refractivity contribution < 1.29 is 0 Å². The third kappa shape index (κ3) is 4.51. The molecule has 1 aliphatic rings. The Bertz CT molecular complexity index is 1180. The molecule has 0 saturated carbocycles. The van der Waals surface area contributed by atoms with Crippen LogP contribution >= 0.6 is 0 Å². The van der Waals surface area contributed by atoms with Gasteiger partial charge in [0, 0.05) is 42.1 Å². The van der Waals surface area contributed by atoms with Gasteiger partial charge >= 0.3 is 0 Å². The molecule has 0 aliphatic heterocycles. The number of rotatable bonds is 4. The number of allylic oxidation sites excluding steroid dienone is 2. The van der Waals surface area contributed by atoms with Crippen molar-refractivity contribution in [2.45, 2.75) is 40.5 Å². The van der Waals surface area contributed by atoms with Crippen LogP contribution in [-0.2, 0) is 0 Å². The first-order chi connectivity index (χ1) is 14.6. The van der Waals surface area contributed by atoms with E-state index in [4.69, 9.17) is 0 Å². The first-order valence-corrected chi connectivity index (χ1v) is 10.6. The lowest BCUT2D eigenvalue weighted by Gasteiger charge is -2.18. The summed E-state index contributed by atoms with van der Waals surface area (Å²) >= 11 is 0. The highest BCUT2D eigenvalue weighted by atomic mass is 15.1. The Hall–Kier alpha value is -3.21. The van der Waals surface area contributed by atoms with E-state index in [1.54, 1.807) is 7.05 Å². The van der Waals surface area contributed by atoms with Crippen LogP contribution in [0.15, 0.2) is 53.9 Å². The summed E-state index contributed by atoms with van der Waals surface area (Å²) in [6, 6.07) is 8.48. The molecule has 1 aliphatic carbocycles. The molecular formula is C25H31N5. The number of benzene rings is 1. The van der Waals surface area contributed by atoms with Gasteiger partial charge in [0.25, 0.3) is 0 Å². The molecule has 0 radical (unpaired) electrons. The monoisotopic (exact) mass is 401 g/mol. The van der Waals surface area contributed by atoms with Gasteiger partial charge in [0.1, 0.15) is 0 Å². The number of fused-ring (bicyclic) bond motifs is 2. The van der Waals surface area contributed by atoms with Crippen LogP contribution in [0.3, 0.4) is 0 Å². The minimum absolute atomic E-state index is 0.479. The molecule has 1 N–H and O–H groups in total. The largest absolute Gasteiger partial charge is 0.340 e. The molecule has 3 aromatic rings. The average Bonchev–Trinajstić information content (AvgIpc) is 3.17. The van der Waals surface area contributed by atoms with Gasteiger partial charge in [-0.2, -0.15) is 0 Å². The number of hydrogen-bond donors (Lipinski definition) is 1. The van der Waals surface area contributed by atoms with E-state index in [9.17, 15) is 0 Å². The zero-order valence-corrected chi connectivity index (χ0v) is 18.6. The normalized spacial score (nSPS) is 16.1. The number of hydrogen-bond acceptors (Lipinski definition) is 4. The van der Waals surface area contributed by atoms with Gasteiger partial charge in [0.15, 0.2) is 11.5 Å². The third-order valence-electron chi connectivity index (χ3n) is 4.85. The Balaban J connectivity index is 0.000000806. The average molecular weight is 402 g/mol. The van der Waals surface area contributed by atoms with E-state index in [2.05, 4.69) is 75.8 Å². The van der Waals surface area contributed by atoms with Crippen molar-refractivity contribution >= 4 is 35.0 Å². The minimum atomic E-state index is 0.479. The van der Waals surface area contributed by atoms with Crippen molar-refractivity contribution in [2.24, 2.45) is 10.9 Å². The molecule has 0 fully saturated rings. The van der Waals surface area contributed by atoms with Crippen molar-refractivity contribution in [3.8, 4) is 0 Å². The first-order valence-electron chi connectivity index (χ1n) is 10.6. The van der Waals surface area contributed by atoms with E-state index < -0.39 is 0 Å². The Kier molecular flexibility index (Phi) is 7.17. The van der Waals surface area contributed by atoms with Gasteiger partial charge in [0.2, 0.25) is 0 Å². The number of anilines is 1. The molecule has 5 heteroatoms. The molecule has 156 valence electrons. The van der Waals surface area contributed by atoms with Crippen LogP contribution in [0, 0.1) is 5.92 Å². The molecule has 0 saturated heterocycles. The Morgan fingerprint density at radius 1 is 1.27 bits per heavy atom. The fourth-order valence-corrected chi connectivity index (χ4v) is 3.62. The highest BCUT2D eigenvalue weighted by molar-refractivity contribution is 6.09. The second-order valence-electron chi connectivity index (χ2n) is 7.49. The van der Waals surface area contributed by atoms with Crippen molar-refractivity contribution in [1.82, 2.24) is 14.4 Å². The molecule has 2 aromatic heterocycles. The lowest BCUT2D eigenvalue weighted by molar-refractivity contribution is 0.782. The van der Waals surface area contributed by atoms with E-state index in [-0.39, 0.29) is 0 Å². The Morgan fingerprint density at radius 3 is 2.77 bits per heavy atom. The van der Waals surface area contributed by atoms with Crippen LogP contribution in [-0.4, -0.2) is 27.6 Å². The van der Waals surface area contributed by atoms with Gasteiger partial charge in [0.05, 0.1) is 11.9 Å². The van der Waals surface area contributed by atoms with Crippen LogP contribution in [0.1, 0.15) is 46.2 Å². The molecule has 1 atom stereocenters. The molecule has 0 spiro atoms. The molecule has 0 bridgehead atoms. The molecule has 0 amide bonds.